The van der Waals surface area contributed by atoms with Gasteiger partial charge in [0.2, 0.25) is 15.9 Å². The fourth-order valence-corrected chi connectivity index (χ4v) is 5.86. The lowest BCUT2D eigenvalue weighted by molar-refractivity contribution is -0.114. The third-order valence-electron chi connectivity index (χ3n) is 6.52. The number of methoxy groups -OCH3 is 4. The first-order chi connectivity index (χ1) is 20.1. The average molecular weight is 593 g/mol. The standard InChI is InChI=1S/C31H32N2O8S/c1-20(34)32-25-6-8-30(9-7-25)42(36,37)33-18-23(10-21-12-26(38-2)16-27(13-21)39-3)31(35)24(19-33)11-22-14-28(40-4)17-29(15-22)41-5/h6-17H,18-19H2,1-5H3,(H,32,34)/b23-10+,24-11+. The number of piperidine rings is 1. The van der Waals surface area contributed by atoms with Crippen LogP contribution in [0.15, 0.2) is 76.7 Å². The number of rotatable bonds is 9. The van der Waals surface area contributed by atoms with Crippen molar-refractivity contribution < 1.29 is 37.0 Å². The van der Waals surface area contributed by atoms with Crippen molar-refractivity contribution in [3.05, 3.63) is 82.9 Å². The van der Waals surface area contributed by atoms with Crippen molar-refractivity contribution >= 4 is 39.6 Å². The van der Waals surface area contributed by atoms with Crippen LogP contribution in [0.5, 0.6) is 23.0 Å². The summed E-state index contributed by atoms with van der Waals surface area (Å²) in [6.45, 7) is 1.05. The van der Waals surface area contributed by atoms with Gasteiger partial charge in [-0.1, -0.05) is 0 Å². The fourth-order valence-electron chi connectivity index (χ4n) is 4.47. The van der Waals surface area contributed by atoms with Crippen molar-refractivity contribution in [3.8, 4) is 23.0 Å². The van der Waals surface area contributed by atoms with E-state index in [9.17, 15) is 18.0 Å². The number of anilines is 1. The maximum atomic E-state index is 13.8. The molecule has 3 aromatic rings. The third kappa shape index (κ3) is 6.99. The second kappa shape index (κ2) is 12.9. The molecule has 1 aliphatic rings. The van der Waals surface area contributed by atoms with Crippen molar-refractivity contribution in [2.45, 2.75) is 11.8 Å². The molecule has 0 atom stereocenters. The Kier molecular flexibility index (Phi) is 9.34. The lowest BCUT2D eigenvalue weighted by Gasteiger charge is -2.29. The summed E-state index contributed by atoms with van der Waals surface area (Å²) in [7, 11) is 2.04. The highest BCUT2D eigenvalue weighted by molar-refractivity contribution is 7.89. The van der Waals surface area contributed by atoms with Gasteiger partial charge in [-0.15, -0.1) is 0 Å². The summed E-state index contributed by atoms with van der Waals surface area (Å²) in [6.07, 6.45) is 3.27. The predicted molar refractivity (Wildman–Crippen MR) is 160 cm³/mol. The van der Waals surface area contributed by atoms with E-state index in [1.165, 1.54) is 63.9 Å². The molecule has 0 spiro atoms. The van der Waals surface area contributed by atoms with Crippen LogP contribution in [-0.2, 0) is 19.6 Å². The summed E-state index contributed by atoms with van der Waals surface area (Å²) in [6, 6.07) is 16.2. The van der Waals surface area contributed by atoms with Gasteiger partial charge >= 0.3 is 0 Å². The van der Waals surface area contributed by atoms with Gasteiger partial charge in [-0.3, -0.25) is 9.59 Å². The Morgan fingerprint density at radius 3 is 1.50 bits per heavy atom. The molecule has 1 fully saturated rings. The summed E-state index contributed by atoms with van der Waals surface area (Å²) in [5, 5.41) is 2.62. The zero-order valence-electron chi connectivity index (χ0n) is 24.0. The van der Waals surface area contributed by atoms with E-state index in [0.29, 0.717) is 39.8 Å². The van der Waals surface area contributed by atoms with Crippen molar-refractivity contribution in [1.29, 1.82) is 0 Å². The number of benzene rings is 3. The van der Waals surface area contributed by atoms with Gasteiger partial charge in [0.25, 0.3) is 0 Å². The fraction of sp³-hybridized carbons (Fsp3) is 0.226. The van der Waals surface area contributed by atoms with Crippen LogP contribution >= 0.6 is 0 Å². The number of carbonyl (C=O) groups is 2. The van der Waals surface area contributed by atoms with E-state index >= 15 is 0 Å². The topological polar surface area (TPSA) is 120 Å². The highest BCUT2D eigenvalue weighted by atomic mass is 32.2. The number of ketones is 1. The Bertz CT molecular complexity index is 1540. The minimum atomic E-state index is -4.04. The van der Waals surface area contributed by atoms with Gasteiger partial charge in [0.1, 0.15) is 23.0 Å². The molecule has 1 aliphatic heterocycles. The minimum absolute atomic E-state index is 0.0238. The number of sulfonamides is 1. The summed E-state index contributed by atoms with van der Waals surface area (Å²) in [5.74, 6) is 1.51. The Balaban J connectivity index is 1.81. The molecule has 0 radical (unpaired) electrons. The van der Waals surface area contributed by atoms with Crippen molar-refractivity contribution in [1.82, 2.24) is 4.31 Å². The SMILES string of the molecule is COc1cc(/C=C2\CN(S(=O)(=O)c3ccc(NC(C)=O)cc3)C/C(=C\c3cc(OC)cc(OC)c3)C2=O)cc(OC)c1. The molecule has 1 N–H and O–H groups in total. The summed E-state index contributed by atoms with van der Waals surface area (Å²) in [5.41, 5.74) is 2.20. The first-order valence-corrected chi connectivity index (χ1v) is 14.3. The summed E-state index contributed by atoms with van der Waals surface area (Å²) in [4.78, 5) is 25.2. The molecule has 42 heavy (non-hydrogen) atoms. The highest BCUT2D eigenvalue weighted by Crippen LogP contribution is 2.31. The summed E-state index contributed by atoms with van der Waals surface area (Å²) < 4.78 is 50.3. The average Bonchev–Trinajstić information content (AvgIpc) is 2.98. The molecule has 3 aromatic carbocycles. The molecule has 0 unspecified atom stereocenters. The van der Waals surface area contributed by atoms with Gasteiger partial charge in [0.05, 0.1) is 33.3 Å². The van der Waals surface area contributed by atoms with Gasteiger partial charge in [0, 0.05) is 49.0 Å². The normalized spacial score (nSPS) is 15.9. The van der Waals surface area contributed by atoms with Gasteiger partial charge < -0.3 is 24.3 Å². The molecule has 0 aromatic heterocycles. The minimum Gasteiger partial charge on any atom is -0.497 e. The smallest absolute Gasteiger partial charge is 0.243 e. The van der Waals surface area contributed by atoms with E-state index in [1.54, 1.807) is 48.6 Å². The number of nitrogens with zero attached hydrogens (tertiary/aromatic N) is 1. The van der Waals surface area contributed by atoms with E-state index in [-0.39, 0.29) is 40.8 Å². The second-order valence-corrected chi connectivity index (χ2v) is 11.4. The van der Waals surface area contributed by atoms with Crippen molar-refractivity contribution in [3.63, 3.8) is 0 Å². The first kappa shape index (κ1) is 30.4. The van der Waals surface area contributed by atoms with Gasteiger partial charge in [-0.2, -0.15) is 4.31 Å². The van der Waals surface area contributed by atoms with E-state index in [4.69, 9.17) is 18.9 Å². The number of carbonyl (C=O) groups excluding carboxylic acids is 2. The number of Topliss-reactive ketones (excluding diaryl/α,β-unsaturated/α-hetero) is 1. The lowest BCUT2D eigenvalue weighted by Crippen LogP contribution is -2.41. The van der Waals surface area contributed by atoms with Crippen LogP contribution in [0.4, 0.5) is 5.69 Å². The zero-order valence-corrected chi connectivity index (χ0v) is 24.8. The van der Waals surface area contributed by atoms with Crippen LogP contribution in [0.2, 0.25) is 0 Å². The molecule has 0 bridgehead atoms. The Hall–Kier alpha value is -4.61. The maximum Gasteiger partial charge on any atom is 0.243 e. The Labute approximate surface area is 245 Å². The summed E-state index contributed by atoms with van der Waals surface area (Å²) >= 11 is 0. The molecule has 1 saturated heterocycles. The molecule has 4 rings (SSSR count). The number of amides is 1. The van der Waals surface area contributed by atoms with Gasteiger partial charge in [-0.05, 0) is 71.8 Å². The highest BCUT2D eigenvalue weighted by Gasteiger charge is 2.34. The van der Waals surface area contributed by atoms with Crippen LogP contribution < -0.4 is 24.3 Å². The molecular weight excluding hydrogens is 560 g/mol. The number of hydrogen-bond donors (Lipinski definition) is 1. The van der Waals surface area contributed by atoms with Crippen LogP contribution in [0, 0.1) is 0 Å². The van der Waals surface area contributed by atoms with Crippen LogP contribution in [-0.4, -0.2) is 65.9 Å². The number of ether oxygens (including phenoxy) is 4. The van der Waals surface area contributed by atoms with E-state index in [1.807, 2.05) is 0 Å². The number of hydrogen-bond acceptors (Lipinski definition) is 8. The molecule has 1 heterocycles. The number of nitrogens with one attached hydrogen (secondary N) is 1. The lowest BCUT2D eigenvalue weighted by atomic mass is 9.95. The second-order valence-electron chi connectivity index (χ2n) is 9.44. The van der Waals surface area contributed by atoms with Crippen LogP contribution in [0.3, 0.4) is 0 Å². The molecule has 10 nitrogen and oxygen atoms in total. The molecule has 0 saturated carbocycles. The molecule has 220 valence electrons. The Morgan fingerprint density at radius 2 is 1.14 bits per heavy atom. The third-order valence-corrected chi connectivity index (χ3v) is 8.32. The van der Waals surface area contributed by atoms with Crippen molar-refractivity contribution in [2.24, 2.45) is 0 Å². The van der Waals surface area contributed by atoms with E-state index in [2.05, 4.69) is 5.32 Å². The quantitative estimate of drug-likeness (QED) is 0.363. The molecule has 0 aliphatic carbocycles. The molecular formula is C31H32N2O8S. The largest absolute Gasteiger partial charge is 0.497 e. The van der Waals surface area contributed by atoms with Crippen LogP contribution in [0.1, 0.15) is 18.1 Å². The first-order valence-electron chi connectivity index (χ1n) is 12.9. The van der Waals surface area contributed by atoms with Crippen molar-refractivity contribution in [2.75, 3.05) is 46.8 Å². The van der Waals surface area contributed by atoms with E-state index < -0.39 is 10.0 Å². The van der Waals surface area contributed by atoms with Gasteiger partial charge in [0.15, 0.2) is 5.78 Å². The van der Waals surface area contributed by atoms with Gasteiger partial charge in [-0.25, -0.2) is 8.42 Å². The van der Waals surface area contributed by atoms with Crippen LogP contribution in [0.25, 0.3) is 12.2 Å². The Morgan fingerprint density at radius 1 is 0.738 bits per heavy atom. The predicted octanol–water partition coefficient (Wildman–Crippen LogP) is 4.42. The zero-order chi connectivity index (χ0) is 30.4. The van der Waals surface area contributed by atoms with E-state index in [0.717, 1.165) is 0 Å². The molecule has 11 heteroatoms. The maximum absolute atomic E-state index is 13.8. The molecule has 1 amide bonds. The monoisotopic (exact) mass is 592 g/mol.